The van der Waals surface area contributed by atoms with E-state index in [4.69, 9.17) is 0 Å². The Morgan fingerprint density at radius 2 is 2.24 bits per heavy atom. The third-order valence-corrected chi connectivity index (χ3v) is 3.32. The third kappa shape index (κ3) is 2.42. The van der Waals surface area contributed by atoms with Gasteiger partial charge in [-0.05, 0) is 32.0 Å². The second kappa shape index (κ2) is 4.37. The van der Waals surface area contributed by atoms with Crippen LogP contribution in [0.15, 0.2) is 24.3 Å². The van der Waals surface area contributed by atoms with Crippen molar-refractivity contribution in [1.29, 1.82) is 0 Å². The summed E-state index contributed by atoms with van der Waals surface area (Å²) in [7, 11) is 2.19. The van der Waals surface area contributed by atoms with Gasteiger partial charge in [0.1, 0.15) is 0 Å². The molecule has 90 valence electrons. The fraction of sp³-hybridized carbons (Fsp3) is 0.462. The first-order chi connectivity index (χ1) is 8.33. The van der Waals surface area contributed by atoms with Crippen molar-refractivity contribution in [1.82, 2.24) is 14.9 Å². The number of likely N-dealkylation sites (N-methyl/N-ethyl adjacent to an activating group) is 1. The van der Waals surface area contributed by atoms with Gasteiger partial charge in [0.25, 0.3) is 0 Å². The molecule has 2 N–H and O–H groups in total. The van der Waals surface area contributed by atoms with Crippen molar-refractivity contribution in [3.8, 4) is 0 Å². The van der Waals surface area contributed by atoms with Gasteiger partial charge in [-0.3, -0.25) is 0 Å². The number of benzene rings is 1. The first-order valence-electron chi connectivity index (χ1n) is 6.22. The summed E-state index contributed by atoms with van der Waals surface area (Å²) in [5, 5.41) is 3.34. The average molecular weight is 230 g/mol. The van der Waals surface area contributed by atoms with Crippen LogP contribution in [0.3, 0.4) is 0 Å². The van der Waals surface area contributed by atoms with E-state index in [1.54, 1.807) is 0 Å². The lowest BCUT2D eigenvalue weighted by Crippen LogP contribution is -2.27. The number of imidazole rings is 1. The number of para-hydroxylation sites is 2. The Bertz CT molecular complexity index is 468. The molecule has 0 amide bonds. The first-order valence-corrected chi connectivity index (χ1v) is 6.22. The second-order valence-corrected chi connectivity index (χ2v) is 4.74. The topological polar surface area (TPSA) is 44.0 Å². The molecule has 0 radical (unpaired) electrons. The van der Waals surface area contributed by atoms with Crippen LogP contribution in [0, 0.1) is 0 Å². The standard InChI is InChI=1S/C13H18N4/c1-17(10-6-7-10)9-8-14-13-15-11-4-2-3-5-12(11)16-13/h2-5,10H,6-9H2,1H3,(H2,14,15,16). The van der Waals surface area contributed by atoms with Crippen LogP contribution in [-0.2, 0) is 0 Å². The minimum atomic E-state index is 0.826. The third-order valence-electron chi connectivity index (χ3n) is 3.32. The van der Waals surface area contributed by atoms with E-state index in [2.05, 4.69) is 27.2 Å². The van der Waals surface area contributed by atoms with E-state index in [0.717, 1.165) is 36.1 Å². The molecule has 0 atom stereocenters. The second-order valence-electron chi connectivity index (χ2n) is 4.74. The summed E-state index contributed by atoms with van der Waals surface area (Å²) < 4.78 is 0. The molecule has 0 aliphatic heterocycles. The summed E-state index contributed by atoms with van der Waals surface area (Å²) >= 11 is 0. The molecule has 1 aromatic heterocycles. The molecule has 1 aromatic carbocycles. The maximum Gasteiger partial charge on any atom is 0.201 e. The molecule has 1 saturated carbocycles. The van der Waals surface area contributed by atoms with Gasteiger partial charge in [0.15, 0.2) is 0 Å². The van der Waals surface area contributed by atoms with Crippen LogP contribution in [0.25, 0.3) is 11.0 Å². The van der Waals surface area contributed by atoms with Crippen molar-refractivity contribution in [3.05, 3.63) is 24.3 Å². The number of anilines is 1. The molecule has 17 heavy (non-hydrogen) atoms. The maximum atomic E-state index is 4.48. The first kappa shape index (κ1) is 10.6. The Morgan fingerprint density at radius 3 is 3.00 bits per heavy atom. The molecule has 1 aliphatic carbocycles. The lowest BCUT2D eigenvalue weighted by Gasteiger charge is -2.15. The van der Waals surface area contributed by atoms with Gasteiger partial charge in [0, 0.05) is 19.1 Å². The zero-order chi connectivity index (χ0) is 11.7. The predicted octanol–water partition coefficient (Wildman–Crippen LogP) is 2.07. The van der Waals surface area contributed by atoms with Crippen LogP contribution in [0.5, 0.6) is 0 Å². The molecule has 0 unspecified atom stereocenters. The van der Waals surface area contributed by atoms with Gasteiger partial charge in [0.2, 0.25) is 5.95 Å². The Balaban J connectivity index is 1.57. The number of aromatic nitrogens is 2. The van der Waals surface area contributed by atoms with Crippen LogP contribution in [-0.4, -0.2) is 41.0 Å². The van der Waals surface area contributed by atoms with Gasteiger partial charge in [-0.2, -0.15) is 0 Å². The minimum absolute atomic E-state index is 0.826. The Labute approximate surface area is 101 Å². The molecule has 1 heterocycles. The van der Waals surface area contributed by atoms with Crippen LogP contribution in [0.4, 0.5) is 5.95 Å². The van der Waals surface area contributed by atoms with E-state index in [-0.39, 0.29) is 0 Å². The highest BCUT2D eigenvalue weighted by molar-refractivity contribution is 5.77. The highest BCUT2D eigenvalue weighted by atomic mass is 15.2. The highest BCUT2D eigenvalue weighted by Crippen LogP contribution is 2.24. The summed E-state index contributed by atoms with van der Waals surface area (Å²) in [5.74, 6) is 0.871. The average Bonchev–Trinajstić information content (AvgIpc) is 3.09. The summed E-state index contributed by atoms with van der Waals surface area (Å²) in [6, 6.07) is 8.92. The summed E-state index contributed by atoms with van der Waals surface area (Å²) in [5.41, 5.74) is 2.11. The zero-order valence-corrected chi connectivity index (χ0v) is 10.1. The fourth-order valence-corrected chi connectivity index (χ4v) is 2.09. The van der Waals surface area contributed by atoms with Gasteiger partial charge >= 0.3 is 0 Å². The van der Waals surface area contributed by atoms with Gasteiger partial charge < -0.3 is 15.2 Å². The highest BCUT2D eigenvalue weighted by Gasteiger charge is 2.25. The molecular weight excluding hydrogens is 212 g/mol. The Kier molecular flexibility index (Phi) is 2.73. The van der Waals surface area contributed by atoms with Crippen molar-refractivity contribution in [3.63, 3.8) is 0 Å². The maximum absolute atomic E-state index is 4.48. The normalized spacial score (nSPS) is 15.6. The Morgan fingerprint density at radius 1 is 1.41 bits per heavy atom. The quantitative estimate of drug-likeness (QED) is 0.826. The van der Waals surface area contributed by atoms with Crippen molar-refractivity contribution in [2.75, 3.05) is 25.5 Å². The number of hydrogen-bond donors (Lipinski definition) is 2. The zero-order valence-electron chi connectivity index (χ0n) is 10.1. The summed E-state index contributed by atoms with van der Waals surface area (Å²) in [4.78, 5) is 10.2. The van der Waals surface area contributed by atoms with Crippen molar-refractivity contribution in [2.45, 2.75) is 18.9 Å². The van der Waals surface area contributed by atoms with Crippen molar-refractivity contribution in [2.24, 2.45) is 0 Å². The van der Waals surface area contributed by atoms with Gasteiger partial charge in [0.05, 0.1) is 11.0 Å². The Hall–Kier alpha value is -1.55. The van der Waals surface area contributed by atoms with E-state index >= 15 is 0 Å². The van der Waals surface area contributed by atoms with E-state index in [1.165, 1.54) is 12.8 Å². The fourth-order valence-electron chi connectivity index (χ4n) is 2.09. The smallest absolute Gasteiger partial charge is 0.201 e. The molecule has 1 aliphatic rings. The lowest BCUT2D eigenvalue weighted by atomic mass is 10.3. The number of fused-ring (bicyclic) bond motifs is 1. The molecule has 0 spiro atoms. The van der Waals surface area contributed by atoms with E-state index < -0.39 is 0 Å². The number of nitrogens with zero attached hydrogens (tertiary/aromatic N) is 2. The van der Waals surface area contributed by atoms with Crippen LogP contribution in [0.2, 0.25) is 0 Å². The minimum Gasteiger partial charge on any atom is -0.355 e. The molecular formula is C13H18N4. The van der Waals surface area contributed by atoms with Crippen molar-refractivity contribution >= 4 is 17.0 Å². The number of rotatable bonds is 5. The number of nitrogens with one attached hydrogen (secondary N) is 2. The van der Waals surface area contributed by atoms with E-state index in [1.807, 2.05) is 24.3 Å². The predicted molar refractivity (Wildman–Crippen MR) is 70.2 cm³/mol. The van der Waals surface area contributed by atoms with Crippen LogP contribution in [0.1, 0.15) is 12.8 Å². The lowest BCUT2D eigenvalue weighted by molar-refractivity contribution is 0.337. The van der Waals surface area contributed by atoms with Gasteiger partial charge in [-0.25, -0.2) is 4.98 Å². The molecule has 4 nitrogen and oxygen atoms in total. The molecule has 0 saturated heterocycles. The molecule has 1 fully saturated rings. The van der Waals surface area contributed by atoms with Crippen LogP contribution >= 0.6 is 0 Å². The number of aromatic amines is 1. The van der Waals surface area contributed by atoms with Gasteiger partial charge in [-0.1, -0.05) is 12.1 Å². The number of hydrogen-bond acceptors (Lipinski definition) is 3. The SMILES string of the molecule is CN(CCNc1nc2ccccc2[nH]1)C1CC1. The molecule has 2 aromatic rings. The van der Waals surface area contributed by atoms with E-state index in [9.17, 15) is 0 Å². The summed E-state index contributed by atoms with van der Waals surface area (Å²) in [6.45, 7) is 2.01. The van der Waals surface area contributed by atoms with E-state index in [0.29, 0.717) is 0 Å². The molecule has 4 heteroatoms. The monoisotopic (exact) mass is 230 g/mol. The van der Waals surface area contributed by atoms with Crippen LogP contribution < -0.4 is 5.32 Å². The van der Waals surface area contributed by atoms with Crippen molar-refractivity contribution < 1.29 is 0 Å². The number of H-pyrrole nitrogens is 1. The molecule has 0 bridgehead atoms. The molecule has 3 rings (SSSR count). The largest absolute Gasteiger partial charge is 0.355 e. The summed E-state index contributed by atoms with van der Waals surface area (Å²) in [6.07, 6.45) is 2.72. The van der Waals surface area contributed by atoms with Gasteiger partial charge in [-0.15, -0.1) is 0 Å².